The quantitative estimate of drug-likeness (QED) is 0.330. The fourth-order valence-corrected chi connectivity index (χ4v) is 5.54. The first kappa shape index (κ1) is 32.2. The van der Waals surface area contributed by atoms with Crippen molar-refractivity contribution in [2.75, 3.05) is 17.1 Å². The molecule has 38 heavy (non-hydrogen) atoms. The number of carbonyl (C=O) groups excluding carboxylic acids is 2. The first-order valence-corrected chi connectivity index (χ1v) is 15.3. The van der Waals surface area contributed by atoms with E-state index in [0.717, 1.165) is 17.4 Å². The lowest BCUT2D eigenvalue weighted by atomic mass is 10.0. The van der Waals surface area contributed by atoms with Crippen LogP contribution in [0.4, 0.5) is 5.69 Å². The number of anilines is 1. The van der Waals surface area contributed by atoms with Crippen molar-refractivity contribution in [3.63, 3.8) is 0 Å². The summed E-state index contributed by atoms with van der Waals surface area (Å²) in [7, 11) is -3.63. The van der Waals surface area contributed by atoms with Crippen LogP contribution in [0.15, 0.2) is 36.4 Å². The Morgan fingerprint density at radius 1 is 1.03 bits per heavy atom. The molecule has 210 valence electrons. The Balaban J connectivity index is 2.30. The number of halogens is 3. The van der Waals surface area contributed by atoms with Crippen molar-refractivity contribution in [1.29, 1.82) is 0 Å². The smallest absolute Gasteiger partial charge is 0.243 e. The molecule has 0 fully saturated rings. The Kier molecular flexibility index (Phi) is 11.3. The van der Waals surface area contributed by atoms with Gasteiger partial charge in [-0.2, -0.15) is 0 Å². The third kappa shape index (κ3) is 9.33. The number of sulfonamides is 1. The van der Waals surface area contributed by atoms with Gasteiger partial charge in [-0.15, -0.1) is 0 Å². The van der Waals surface area contributed by atoms with Crippen LogP contribution in [-0.4, -0.2) is 49.5 Å². The molecule has 2 aromatic rings. The van der Waals surface area contributed by atoms with Crippen molar-refractivity contribution < 1.29 is 18.0 Å². The number of rotatable bonds is 11. The van der Waals surface area contributed by atoms with Crippen LogP contribution in [0.25, 0.3) is 0 Å². The molecule has 2 aromatic carbocycles. The number of aryl methyl sites for hydroxylation is 1. The predicted molar refractivity (Wildman–Crippen MR) is 157 cm³/mol. The van der Waals surface area contributed by atoms with Crippen LogP contribution < -0.4 is 9.62 Å². The van der Waals surface area contributed by atoms with Crippen LogP contribution in [0.2, 0.25) is 15.1 Å². The summed E-state index contributed by atoms with van der Waals surface area (Å²) in [5, 5.41) is 4.12. The molecular weight excluding hydrogens is 569 g/mol. The topological polar surface area (TPSA) is 86.8 Å². The molecule has 0 aliphatic carbocycles. The summed E-state index contributed by atoms with van der Waals surface area (Å²) in [5.74, 6) is -0.538. The molecule has 0 saturated carbocycles. The summed E-state index contributed by atoms with van der Waals surface area (Å²) in [6, 6.07) is 9.40. The number of benzene rings is 2. The lowest BCUT2D eigenvalue weighted by Gasteiger charge is -2.33. The minimum absolute atomic E-state index is 0.0340. The SMILES string of the molecule is CCC(C(=O)NC(C)(C)C)N(Cc1ccc(Cl)c(Cl)c1)C(=O)CCCN(c1cc(Cl)ccc1C)S(C)(=O)=O. The van der Waals surface area contributed by atoms with Crippen molar-refractivity contribution in [3.05, 3.63) is 62.6 Å². The van der Waals surface area contributed by atoms with Gasteiger partial charge in [0, 0.05) is 30.1 Å². The predicted octanol–water partition coefficient (Wildman–Crippen LogP) is 6.22. The zero-order valence-corrected chi connectivity index (χ0v) is 25.7. The second kappa shape index (κ2) is 13.4. The van der Waals surface area contributed by atoms with Gasteiger partial charge in [-0.1, -0.05) is 53.9 Å². The van der Waals surface area contributed by atoms with Crippen molar-refractivity contribution in [2.45, 2.75) is 72.0 Å². The minimum Gasteiger partial charge on any atom is -0.350 e. The average molecular weight is 605 g/mol. The van der Waals surface area contributed by atoms with Crippen molar-refractivity contribution in [1.82, 2.24) is 10.2 Å². The zero-order valence-electron chi connectivity index (χ0n) is 22.6. The maximum absolute atomic E-state index is 13.6. The monoisotopic (exact) mass is 603 g/mol. The zero-order chi connectivity index (χ0) is 28.8. The first-order chi connectivity index (χ1) is 17.5. The number of carbonyl (C=O) groups is 2. The summed E-state index contributed by atoms with van der Waals surface area (Å²) >= 11 is 18.4. The van der Waals surface area contributed by atoms with Crippen LogP contribution in [0, 0.1) is 6.92 Å². The van der Waals surface area contributed by atoms with Crippen LogP contribution in [0.5, 0.6) is 0 Å². The molecule has 0 heterocycles. The van der Waals surface area contributed by atoms with E-state index >= 15 is 0 Å². The molecule has 2 rings (SSSR count). The van der Waals surface area contributed by atoms with Gasteiger partial charge in [0.1, 0.15) is 6.04 Å². The van der Waals surface area contributed by atoms with Gasteiger partial charge in [-0.05, 0) is 75.9 Å². The Hall–Kier alpha value is -2.00. The summed E-state index contributed by atoms with van der Waals surface area (Å²) in [5.41, 5.74) is 1.46. The highest BCUT2D eigenvalue weighted by molar-refractivity contribution is 7.92. The van der Waals surface area contributed by atoms with Crippen molar-refractivity contribution in [3.8, 4) is 0 Å². The lowest BCUT2D eigenvalue weighted by molar-refractivity contribution is -0.142. The van der Waals surface area contributed by atoms with Gasteiger partial charge in [0.05, 0.1) is 22.0 Å². The maximum Gasteiger partial charge on any atom is 0.243 e. The van der Waals surface area contributed by atoms with Gasteiger partial charge >= 0.3 is 0 Å². The van der Waals surface area contributed by atoms with Gasteiger partial charge in [0.25, 0.3) is 0 Å². The molecule has 1 atom stereocenters. The summed E-state index contributed by atoms with van der Waals surface area (Å²) in [4.78, 5) is 28.2. The fourth-order valence-electron chi connectivity index (χ4n) is 4.04. The molecule has 2 amide bonds. The highest BCUT2D eigenvalue weighted by atomic mass is 35.5. The van der Waals surface area contributed by atoms with E-state index in [2.05, 4.69) is 5.32 Å². The third-order valence-corrected chi connectivity index (χ3v) is 7.97. The van der Waals surface area contributed by atoms with Crippen LogP contribution in [0.1, 0.15) is 58.1 Å². The molecule has 0 aliphatic rings. The maximum atomic E-state index is 13.6. The van der Waals surface area contributed by atoms with Gasteiger partial charge < -0.3 is 10.2 Å². The second-order valence-corrected chi connectivity index (χ2v) is 13.5. The Morgan fingerprint density at radius 3 is 2.24 bits per heavy atom. The Morgan fingerprint density at radius 2 is 1.68 bits per heavy atom. The van der Waals surface area contributed by atoms with Gasteiger partial charge in [-0.25, -0.2) is 8.42 Å². The van der Waals surface area contributed by atoms with Gasteiger partial charge in [0.2, 0.25) is 21.8 Å². The third-order valence-electron chi connectivity index (χ3n) is 5.81. The van der Waals surface area contributed by atoms with E-state index in [9.17, 15) is 18.0 Å². The highest BCUT2D eigenvalue weighted by Gasteiger charge is 2.31. The van der Waals surface area contributed by atoms with Crippen LogP contribution in [-0.2, 0) is 26.2 Å². The van der Waals surface area contributed by atoms with E-state index in [1.54, 1.807) is 43.3 Å². The van der Waals surface area contributed by atoms with E-state index in [0.29, 0.717) is 27.2 Å². The minimum atomic E-state index is -3.63. The largest absolute Gasteiger partial charge is 0.350 e. The molecule has 0 radical (unpaired) electrons. The molecule has 11 heteroatoms. The highest BCUT2D eigenvalue weighted by Crippen LogP contribution is 2.27. The van der Waals surface area contributed by atoms with Crippen molar-refractivity contribution >= 4 is 62.3 Å². The van der Waals surface area contributed by atoms with E-state index in [4.69, 9.17) is 34.8 Å². The van der Waals surface area contributed by atoms with Crippen LogP contribution >= 0.6 is 34.8 Å². The second-order valence-electron chi connectivity index (χ2n) is 10.3. The molecule has 0 aromatic heterocycles. The molecule has 0 aliphatic heterocycles. The lowest BCUT2D eigenvalue weighted by Crippen LogP contribution is -2.53. The van der Waals surface area contributed by atoms with Gasteiger partial charge in [-0.3, -0.25) is 13.9 Å². The van der Waals surface area contributed by atoms with Gasteiger partial charge in [0.15, 0.2) is 0 Å². The summed E-state index contributed by atoms with van der Waals surface area (Å²) in [6.45, 7) is 9.50. The summed E-state index contributed by atoms with van der Waals surface area (Å²) < 4.78 is 26.4. The first-order valence-electron chi connectivity index (χ1n) is 12.3. The number of amides is 2. The fraction of sp³-hybridized carbons (Fsp3) is 0.481. The van der Waals surface area contributed by atoms with Crippen LogP contribution in [0.3, 0.4) is 0 Å². The van der Waals surface area contributed by atoms with E-state index in [1.165, 1.54) is 9.21 Å². The Bertz CT molecular complexity index is 1260. The molecule has 0 bridgehead atoms. The van der Waals surface area contributed by atoms with E-state index < -0.39 is 21.6 Å². The van der Waals surface area contributed by atoms with E-state index in [-0.39, 0.29) is 37.7 Å². The molecule has 7 nitrogen and oxygen atoms in total. The summed E-state index contributed by atoms with van der Waals surface area (Å²) in [6.07, 6.45) is 1.79. The number of hydrogen-bond acceptors (Lipinski definition) is 4. The number of hydrogen-bond donors (Lipinski definition) is 1. The average Bonchev–Trinajstić information content (AvgIpc) is 2.78. The number of nitrogens with zero attached hydrogens (tertiary/aromatic N) is 2. The normalized spacial score (nSPS) is 12.7. The standard InChI is InChI=1S/C27H36Cl3N3O4S/c1-7-23(26(35)31-27(3,4)5)32(17-19-11-13-21(29)22(30)15-19)25(34)9-8-14-33(38(6,36)37)24-16-20(28)12-10-18(24)2/h10-13,15-16,23H,7-9,14,17H2,1-6H3,(H,31,35). The molecule has 1 N–H and O–H groups in total. The molecular formula is C27H36Cl3N3O4S. The molecule has 0 saturated heterocycles. The number of nitrogens with one attached hydrogen (secondary N) is 1. The van der Waals surface area contributed by atoms with Crippen molar-refractivity contribution in [2.24, 2.45) is 0 Å². The van der Waals surface area contributed by atoms with E-state index in [1.807, 2.05) is 27.7 Å². The Labute approximate surface area is 241 Å². The molecule has 1 unspecified atom stereocenters. The molecule has 0 spiro atoms.